The summed E-state index contributed by atoms with van der Waals surface area (Å²) in [5, 5.41) is 66.7. The SMILES string of the molecule is CCCCCCC1COC(C(O)C(C)(O)C2CCC3(O)C4=CC(=O)C5CC(O)C(O)CC5(CCC5CCC(N)NC5)C4C(CNC)CC23C)C1C. The van der Waals surface area contributed by atoms with Gasteiger partial charge >= 0.3 is 0 Å². The molecule has 16 unspecified atom stereocenters. The zero-order valence-electron chi connectivity index (χ0n) is 32.2. The Labute approximate surface area is 306 Å². The zero-order chi connectivity index (χ0) is 36.9. The fourth-order valence-corrected chi connectivity index (χ4v) is 12.9. The molecule has 0 aromatic heterocycles. The van der Waals surface area contributed by atoms with Crippen LogP contribution in [0, 0.1) is 52.3 Å². The van der Waals surface area contributed by atoms with E-state index < -0.39 is 58.3 Å². The van der Waals surface area contributed by atoms with E-state index in [0.29, 0.717) is 50.7 Å². The second kappa shape index (κ2) is 15.3. The standard InChI is InChI=1S/C41H71N3O7/c1-6-7-8-9-10-26-23-51-36(24(26)2)37(48)39(4,49)33-14-16-41(50)29-18-30(45)28-17-31(46)32(47)20-40(28,15-13-25-11-12-34(42)44-21-25)35(29)27(22-43-5)19-38(33,41)3/h18,24-28,31-37,43-44,46-50H,6-17,19-23,42H2,1-5H3. The van der Waals surface area contributed by atoms with Gasteiger partial charge in [-0.25, -0.2) is 0 Å². The molecule has 9 N–H and O–H groups in total. The molecule has 2 heterocycles. The van der Waals surface area contributed by atoms with Crippen molar-refractivity contribution in [3.63, 3.8) is 0 Å². The van der Waals surface area contributed by atoms with Gasteiger partial charge in [0.05, 0.1) is 42.3 Å². The number of fused-ring (bicyclic) bond motifs is 5. The Bertz CT molecular complexity index is 1260. The minimum absolute atomic E-state index is 0.00125. The number of unbranched alkanes of at least 4 members (excludes halogenated alkanes) is 3. The summed E-state index contributed by atoms with van der Waals surface area (Å²) in [5.74, 6) is -0.261. The van der Waals surface area contributed by atoms with Gasteiger partial charge in [-0.1, -0.05) is 46.5 Å². The van der Waals surface area contributed by atoms with Crippen molar-refractivity contribution in [3.8, 4) is 0 Å². The second-order valence-corrected chi connectivity index (χ2v) is 18.7. The quantitative estimate of drug-likeness (QED) is 0.132. The molecule has 0 amide bonds. The number of ketones is 1. The predicted molar refractivity (Wildman–Crippen MR) is 197 cm³/mol. The molecule has 2 aliphatic heterocycles. The smallest absolute Gasteiger partial charge is 0.159 e. The van der Waals surface area contributed by atoms with E-state index in [1.165, 1.54) is 19.3 Å². The number of carbonyl (C=O) groups excluding carboxylic acids is 1. The Morgan fingerprint density at radius 2 is 1.88 bits per heavy atom. The van der Waals surface area contributed by atoms with Crippen LogP contribution < -0.4 is 16.4 Å². The number of aliphatic hydroxyl groups is 5. The van der Waals surface area contributed by atoms with E-state index >= 15 is 0 Å². The third-order valence-corrected chi connectivity index (χ3v) is 15.8. The largest absolute Gasteiger partial charge is 0.390 e. The third-order valence-electron chi connectivity index (χ3n) is 15.8. The van der Waals surface area contributed by atoms with Gasteiger partial charge in [0, 0.05) is 11.3 Å². The number of nitrogens with one attached hydrogen (secondary N) is 2. The van der Waals surface area contributed by atoms with Crippen LogP contribution in [-0.2, 0) is 9.53 Å². The summed E-state index contributed by atoms with van der Waals surface area (Å²) in [6.07, 6.45) is 9.54. The minimum Gasteiger partial charge on any atom is -0.390 e. The van der Waals surface area contributed by atoms with Gasteiger partial charge in [-0.15, -0.1) is 0 Å². The van der Waals surface area contributed by atoms with Crippen LogP contribution in [0.2, 0.25) is 0 Å². The van der Waals surface area contributed by atoms with Crippen LogP contribution in [0.25, 0.3) is 0 Å². The maximum Gasteiger partial charge on any atom is 0.159 e. The van der Waals surface area contributed by atoms with Gasteiger partial charge in [0.1, 0.15) is 6.10 Å². The number of hydrogen-bond donors (Lipinski definition) is 8. The van der Waals surface area contributed by atoms with Crippen molar-refractivity contribution in [3.05, 3.63) is 11.6 Å². The highest BCUT2D eigenvalue weighted by molar-refractivity contribution is 5.95. The first-order valence-electron chi connectivity index (χ1n) is 20.6. The molecular formula is C41H71N3O7. The van der Waals surface area contributed by atoms with Gasteiger partial charge < -0.3 is 46.6 Å². The number of rotatable bonds is 13. The molecule has 3 saturated carbocycles. The molecular weight excluding hydrogens is 646 g/mol. The van der Waals surface area contributed by atoms with Crippen LogP contribution in [0.5, 0.6) is 0 Å². The maximum atomic E-state index is 14.3. The number of aliphatic hydroxyl groups excluding tert-OH is 3. The van der Waals surface area contributed by atoms with Crippen molar-refractivity contribution in [2.75, 3.05) is 26.7 Å². The highest BCUT2D eigenvalue weighted by Gasteiger charge is 2.72. The van der Waals surface area contributed by atoms with Crippen LogP contribution in [0.1, 0.15) is 118 Å². The van der Waals surface area contributed by atoms with E-state index in [1.807, 2.05) is 7.05 Å². The number of nitrogens with two attached hydrogens (primary N) is 1. The molecule has 10 nitrogen and oxygen atoms in total. The summed E-state index contributed by atoms with van der Waals surface area (Å²) in [6, 6.07) is 0. The highest BCUT2D eigenvalue weighted by atomic mass is 16.5. The number of allylic oxidation sites excluding steroid dienone is 1. The Morgan fingerprint density at radius 3 is 2.57 bits per heavy atom. The summed E-state index contributed by atoms with van der Waals surface area (Å²) >= 11 is 0. The van der Waals surface area contributed by atoms with Gasteiger partial charge in [-0.2, -0.15) is 0 Å². The molecule has 4 aliphatic carbocycles. The predicted octanol–water partition coefficient (Wildman–Crippen LogP) is 3.41. The summed E-state index contributed by atoms with van der Waals surface area (Å²) < 4.78 is 6.28. The van der Waals surface area contributed by atoms with E-state index in [2.05, 4.69) is 31.4 Å². The first-order valence-corrected chi connectivity index (χ1v) is 20.6. The number of hydrogen-bond acceptors (Lipinski definition) is 10. The normalized spacial score (nSPS) is 47.2. The summed E-state index contributed by atoms with van der Waals surface area (Å²) in [7, 11) is 1.94. The molecule has 292 valence electrons. The van der Waals surface area contributed by atoms with Crippen molar-refractivity contribution in [1.29, 1.82) is 0 Å². The fraction of sp³-hybridized carbons (Fsp3) is 0.927. The van der Waals surface area contributed by atoms with Crippen LogP contribution >= 0.6 is 0 Å². The average molecular weight is 718 g/mol. The van der Waals surface area contributed by atoms with Crippen molar-refractivity contribution < 1.29 is 35.1 Å². The van der Waals surface area contributed by atoms with E-state index in [9.17, 15) is 30.3 Å². The lowest BCUT2D eigenvalue weighted by molar-refractivity contribution is -0.203. The van der Waals surface area contributed by atoms with Crippen molar-refractivity contribution in [1.82, 2.24) is 10.6 Å². The monoisotopic (exact) mass is 718 g/mol. The Hall–Kier alpha value is -0.950. The molecule has 6 rings (SSSR count). The van der Waals surface area contributed by atoms with Gasteiger partial charge in [-0.05, 0) is 144 Å². The minimum atomic E-state index is -1.54. The van der Waals surface area contributed by atoms with E-state index in [1.54, 1.807) is 13.0 Å². The van der Waals surface area contributed by atoms with E-state index in [0.717, 1.165) is 50.6 Å². The lowest BCUT2D eigenvalue weighted by atomic mass is 9.41. The molecule has 0 bridgehead atoms. The molecule has 51 heavy (non-hydrogen) atoms. The Morgan fingerprint density at radius 1 is 1.12 bits per heavy atom. The van der Waals surface area contributed by atoms with Crippen LogP contribution in [0.3, 0.4) is 0 Å². The summed E-state index contributed by atoms with van der Waals surface area (Å²) in [4.78, 5) is 14.3. The third kappa shape index (κ3) is 6.83. The van der Waals surface area contributed by atoms with E-state index in [-0.39, 0.29) is 36.1 Å². The van der Waals surface area contributed by atoms with Crippen molar-refractivity contribution in [2.24, 2.45) is 58.0 Å². The number of ether oxygens (including phenoxy) is 1. The topological polar surface area (TPSA) is 178 Å². The summed E-state index contributed by atoms with van der Waals surface area (Å²) in [5.41, 5.74) is 2.55. The lowest BCUT2D eigenvalue weighted by Gasteiger charge is -2.64. The first kappa shape index (κ1) is 39.7. The maximum absolute atomic E-state index is 14.3. The Kier molecular flexibility index (Phi) is 11.9. The van der Waals surface area contributed by atoms with Gasteiger partial charge in [0.15, 0.2) is 5.78 Å². The fourth-order valence-electron chi connectivity index (χ4n) is 12.9. The molecule has 0 aromatic carbocycles. The Balaban J connectivity index is 1.31. The van der Waals surface area contributed by atoms with E-state index in [4.69, 9.17) is 10.5 Å². The number of carbonyl (C=O) groups is 1. The first-order chi connectivity index (χ1) is 24.1. The molecule has 10 heteroatoms. The van der Waals surface area contributed by atoms with Crippen molar-refractivity contribution in [2.45, 2.75) is 159 Å². The average Bonchev–Trinajstić information content (AvgIpc) is 3.59. The zero-order valence-corrected chi connectivity index (χ0v) is 32.2. The summed E-state index contributed by atoms with van der Waals surface area (Å²) in [6.45, 7) is 10.2. The number of piperidine rings is 1. The van der Waals surface area contributed by atoms with Crippen molar-refractivity contribution >= 4 is 5.78 Å². The van der Waals surface area contributed by atoms with Crippen LogP contribution in [0.15, 0.2) is 11.6 Å². The lowest BCUT2D eigenvalue weighted by Crippen LogP contribution is -2.67. The molecule has 0 radical (unpaired) electrons. The molecule has 16 atom stereocenters. The molecule has 0 aromatic rings. The molecule has 0 spiro atoms. The highest BCUT2D eigenvalue weighted by Crippen LogP contribution is 2.71. The van der Waals surface area contributed by atoms with Gasteiger partial charge in [0.25, 0.3) is 0 Å². The van der Waals surface area contributed by atoms with Crippen LogP contribution in [-0.4, -0.2) is 99.8 Å². The molecule has 2 saturated heterocycles. The van der Waals surface area contributed by atoms with Crippen LogP contribution in [0.4, 0.5) is 0 Å². The molecule has 6 aliphatic rings. The van der Waals surface area contributed by atoms with Gasteiger partial charge in [-0.3, -0.25) is 4.79 Å². The molecule has 5 fully saturated rings. The van der Waals surface area contributed by atoms with Gasteiger partial charge in [0.2, 0.25) is 0 Å². The second-order valence-electron chi connectivity index (χ2n) is 18.7.